The number of hydrogen-bond donors (Lipinski definition) is 1. The van der Waals surface area contributed by atoms with E-state index in [4.69, 9.17) is 4.74 Å². The summed E-state index contributed by atoms with van der Waals surface area (Å²) in [5.74, 6) is 0.883. The Hall–Kier alpha value is -1.06. The largest absolute Gasteiger partial charge is 0.491 e. The van der Waals surface area contributed by atoms with Crippen molar-refractivity contribution >= 4 is 0 Å². The molecule has 3 heteroatoms. The molecule has 1 N–H and O–H groups in total. The molecular formula is C18H29NO2. The average molecular weight is 291 g/mol. The van der Waals surface area contributed by atoms with Crippen molar-refractivity contribution in [2.45, 2.75) is 65.1 Å². The maximum atomic E-state index is 10.3. The highest BCUT2D eigenvalue weighted by Crippen LogP contribution is 2.23. The van der Waals surface area contributed by atoms with Crippen molar-refractivity contribution in [3.63, 3.8) is 0 Å². The molecule has 0 aliphatic carbocycles. The van der Waals surface area contributed by atoms with Crippen LogP contribution in [0.2, 0.25) is 0 Å². The van der Waals surface area contributed by atoms with Gasteiger partial charge in [0.15, 0.2) is 0 Å². The number of likely N-dealkylation sites (tertiary alicyclic amines) is 1. The molecule has 0 unspecified atom stereocenters. The van der Waals surface area contributed by atoms with Gasteiger partial charge < -0.3 is 9.84 Å². The summed E-state index contributed by atoms with van der Waals surface area (Å²) in [5, 5.41) is 10.3. The van der Waals surface area contributed by atoms with Crippen LogP contribution in [0, 0.1) is 13.8 Å². The molecule has 21 heavy (non-hydrogen) atoms. The Kier molecular flexibility index (Phi) is 5.65. The van der Waals surface area contributed by atoms with E-state index in [0.717, 1.165) is 11.3 Å². The zero-order valence-corrected chi connectivity index (χ0v) is 13.8. The summed E-state index contributed by atoms with van der Waals surface area (Å²) in [6.45, 7) is 9.72. The molecule has 0 saturated carbocycles. The van der Waals surface area contributed by atoms with Gasteiger partial charge in [-0.25, -0.2) is 0 Å². The number of nitrogens with zero attached hydrogens (tertiary/aromatic N) is 1. The Labute approximate surface area is 128 Å². The molecule has 1 fully saturated rings. The normalized spacial score (nSPS) is 24.8. The lowest BCUT2D eigenvalue weighted by Crippen LogP contribution is -2.48. The summed E-state index contributed by atoms with van der Waals surface area (Å²) >= 11 is 0. The van der Waals surface area contributed by atoms with E-state index in [0.29, 0.717) is 25.2 Å². The van der Waals surface area contributed by atoms with Gasteiger partial charge >= 0.3 is 0 Å². The van der Waals surface area contributed by atoms with Crippen LogP contribution >= 0.6 is 0 Å². The molecule has 1 heterocycles. The predicted molar refractivity (Wildman–Crippen MR) is 86.9 cm³/mol. The molecule has 3 nitrogen and oxygen atoms in total. The first-order valence-electron chi connectivity index (χ1n) is 8.12. The van der Waals surface area contributed by atoms with Crippen molar-refractivity contribution < 1.29 is 9.84 Å². The lowest BCUT2D eigenvalue weighted by Gasteiger charge is -2.40. The van der Waals surface area contributed by atoms with Crippen LogP contribution in [0.5, 0.6) is 5.75 Å². The number of aliphatic hydroxyl groups excluding tert-OH is 1. The van der Waals surface area contributed by atoms with Crippen LogP contribution in [0.15, 0.2) is 18.2 Å². The van der Waals surface area contributed by atoms with Crippen LogP contribution < -0.4 is 4.74 Å². The smallest absolute Gasteiger partial charge is 0.122 e. The molecule has 118 valence electrons. The monoisotopic (exact) mass is 291 g/mol. The van der Waals surface area contributed by atoms with Gasteiger partial charge in [-0.15, -0.1) is 0 Å². The van der Waals surface area contributed by atoms with Crippen molar-refractivity contribution in [1.29, 1.82) is 0 Å². The van der Waals surface area contributed by atoms with Crippen LogP contribution in [0.25, 0.3) is 0 Å². The minimum absolute atomic E-state index is 0.361. The molecular weight excluding hydrogens is 262 g/mol. The van der Waals surface area contributed by atoms with Crippen molar-refractivity contribution in [3.8, 4) is 5.75 Å². The van der Waals surface area contributed by atoms with Gasteiger partial charge in [-0.3, -0.25) is 4.90 Å². The highest BCUT2D eigenvalue weighted by molar-refractivity contribution is 5.38. The van der Waals surface area contributed by atoms with Crippen molar-refractivity contribution in [3.05, 3.63) is 29.3 Å². The van der Waals surface area contributed by atoms with Gasteiger partial charge in [0.2, 0.25) is 0 Å². The van der Waals surface area contributed by atoms with Crippen LogP contribution in [0.1, 0.15) is 44.2 Å². The SMILES string of the molecule is Cc1cccc(OC[C@H](O)CN2[C@H](C)CCC[C@H]2C)c1C. The fourth-order valence-electron chi connectivity index (χ4n) is 3.20. The average Bonchev–Trinajstić information content (AvgIpc) is 2.45. The van der Waals surface area contributed by atoms with E-state index >= 15 is 0 Å². The minimum Gasteiger partial charge on any atom is -0.491 e. The molecule has 1 aliphatic heterocycles. The number of aliphatic hydroxyl groups is 1. The van der Waals surface area contributed by atoms with E-state index in [1.165, 1.54) is 24.8 Å². The summed E-state index contributed by atoms with van der Waals surface area (Å²) in [6, 6.07) is 7.17. The third kappa shape index (κ3) is 4.21. The molecule has 0 amide bonds. The maximum Gasteiger partial charge on any atom is 0.122 e. The first-order chi connectivity index (χ1) is 9.99. The van der Waals surface area contributed by atoms with E-state index in [2.05, 4.69) is 38.7 Å². The third-order valence-electron chi connectivity index (χ3n) is 4.78. The molecule has 0 bridgehead atoms. The van der Waals surface area contributed by atoms with Gasteiger partial charge in [0.25, 0.3) is 0 Å². The Morgan fingerprint density at radius 1 is 1.24 bits per heavy atom. The topological polar surface area (TPSA) is 32.7 Å². The van der Waals surface area contributed by atoms with E-state index in [1.54, 1.807) is 0 Å². The summed E-state index contributed by atoms with van der Waals surface area (Å²) in [5.41, 5.74) is 2.38. The molecule has 1 aliphatic rings. The van der Waals surface area contributed by atoms with Crippen LogP contribution in [0.4, 0.5) is 0 Å². The van der Waals surface area contributed by atoms with E-state index in [9.17, 15) is 5.11 Å². The Morgan fingerprint density at radius 3 is 2.57 bits per heavy atom. The lowest BCUT2D eigenvalue weighted by atomic mass is 9.97. The Morgan fingerprint density at radius 2 is 1.90 bits per heavy atom. The van der Waals surface area contributed by atoms with Gasteiger partial charge in [0, 0.05) is 18.6 Å². The van der Waals surface area contributed by atoms with E-state index in [-0.39, 0.29) is 0 Å². The summed E-state index contributed by atoms with van der Waals surface area (Å²) < 4.78 is 5.81. The molecule has 1 aromatic rings. The molecule has 0 aromatic heterocycles. The predicted octanol–water partition coefficient (Wildman–Crippen LogP) is 3.31. The number of β-amino-alcohol motifs (C(OH)–C–C–N with tert-alkyl or cyclic N) is 1. The zero-order chi connectivity index (χ0) is 15.4. The first-order valence-corrected chi connectivity index (χ1v) is 8.12. The summed E-state index contributed by atoms with van der Waals surface area (Å²) in [6.07, 6.45) is 3.32. The fourth-order valence-corrected chi connectivity index (χ4v) is 3.20. The number of rotatable bonds is 5. The second-order valence-electron chi connectivity index (χ2n) is 6.49. The molecule has 1 saturated heterocycles. The maximum absolute atomic E-state index is 10.3. The van der Waals surface area contributed by atoms with Crippen LogP contribution in [-0.4, -0.2) is 41.3 Å². The molecule has 0 radical (unpaired) electrons. The molecule has 3 atom stereocenters. The zero-order valence-electron chi connectivity index (χ0n) is 13.8. The second-order valence-corrected chi connectivity index (χ2v) is 6.49. The summed E-state index contributed by atoms with van der Waals surface area (Å²) in [4.78, 5) is 2.42. The first kappa shape index (κ1) is 16.3. The number of aryl methyl sites for hydroxylation is 1. The van der Waals surface area contributed by atoms with Gasteiger partial charge in [0.1, 0.15) is 18.5 Å². The number of piperidine rings is 1. The van der Waals surface area contributed by atoms with Gasteiger partial charge in [-0.1, -0.05) is 18.6 Å². The quantitative estimate of drug-likeness (QED) is 0.903. The van der Waals surface area contributed by atoms with E-state index in [1.807, 2.05) is 12.1 Å². The highest BCUT2D eigenvalue weighted by Gasteiger charge is 2.26. The number of benzene rings is 1. The molecule has 1 aromatic carbocycles. The van der Waals surface area contributed by atoms with E-state index < -0.39 is 6.10 Å². The van der Waals surface area contributed by atoms with Crippen LogP contribution in [-0.2, 0) is 0 Å². The van der Waals surface area contributed by atoms with Gasteiger partial charge in [-0.05, 0) is 57.7 Å². The van der Waals surface area contributed by atoms with Crippen LogP contribution in [0.3, 0.4) is 0 Å². The standard InChI is InChI=1S/C18H29NO2/c1-13-7-5-10-18(16(13)4)21-12-17(20)11-19-14(2)8-6-9-15(19)3/h5,7,10,14-15,17,20H,6,8-9,11-12H2,1-4H3/t14-,15-,17-/m1/s1. The molecule has 0 spiro atoms. The fraction of sp³-hybridized carbons (Fsp3) is 0.667. The Balaban J connectivity index is 1.87. The van der Waals surface area contributed by atoms with Crippen molar-refractivity contribution in [2.24, 2.45) is 0 Å². The third-order valence-corrected chi connectivity index (χ3v) is 4.78. The minimum atomic E-state index is -0.437. The van der Waals surface area contributed by atoms with Gasteiger partial charge in [0.05, 0.1) is 0 Å². The Bertz CT molecular complexity index is 451. The van der Waals surface area contributed by atoms with Crippen molar-refractivity contribution in [2.75, 3.05) is 13.2 Å². The number of hydrogen-bond acceptors (Lipinski definition) is 3. The second kappa shape index (κ2) is 7.28. The number of ether oxygens (including phenoxy) is 1. The molecule has 2 rings (SSSR count). The van der Waals surface area contributed by atoms with Crippen molar-refractivity contribution in [1.82, 2.24) is 4.90 Å². The van der Waals surface area contributed by atoms with Gasteiger partial charge in [-0.2, -0.15) is 0 Å². The lowest BCUT2D eigenvalue weighted by molar-refractivity contribution is 0.0207. The summed E-state index contributed by atoms with van der Waals surface area (Å²) in [7, 11) is 0. The highest BCUT2D eigenvalue weighted by atomic mass is 16.5.